The molecule has 4 rings (SSSR count). The number of fused-ring (bicyclic) bond motifs is 2. The molecule has 0 N–H and O–H groups in total. The first-order valence-corrected chi connectivity index (χ1v) is 10.0. The number of hydrogen-bond donors (Lipinski definition) is 0. The minimum Gasteiger partial charge on any atom is -0.324 e. The second kappa shape index (κ2) is 5.78. The smallest absolute Gasteiger partial charge is 0.182 e. The molecule has 0 aromatic carbocycles. The largest absolute Gasteiger partial charge is 0.324 e. The van der Waals surface area contributed by atoms with Crippen molar-refractivity contribution in [3.63, 3.8) is 0 Å². The van der Waals surface area contributed by atoms with Gasteiger partial charge in [0.05, 0.1) is 33.5 Å². The van der Waals surface area contributed by atoms with Crippen LogP contribution in [-0.4, -0.2) is 38.3 Å². The first-order valence-electron chi connectivity index (χ1n) is 8.02. The average molecular weight is 390 g/mol. The molecule has 0 saturated heterocycles. The third-order valence-electron chi connectivity index (χ3n) is 4.36. The lowest BCUT2D eigenvalue weighted by atomic mass is 10.3. The Morgan fingerprint density at radius 1 is 1.23 bits per heavy atom. The number of pyridine rings is 2. The molecule has 0 amide bonds. The van der Waals surface area contributed by atoms with Crippen LogP contribution >= 0.6 is 11.6 Å². The van der Waals surface area contributed by atoms with Gasteiger partial charge in [0.1, 0.15) is 10.6 Å². The molecule has 134 valence electrons. The highest BCUT2D eigenvalue weighted by molar-refractivity contribution is 7.91. The molecular weight excluding hydrogens is 374 g/mol. The van der Waals surface area contributed by atoms with E-state index in [9.17, 15) is 8.42 Å². The van der Waals surface area contributed by atoms with E-state index in [4.69, 9.17) is 11.6 Å². The minimum absolute atomic E-state index is 0.0331. The first-order chi connectivity index (χ1) is 12.3. The highest BCUT2D eigenvalue weighted by Crippen LogP contribution is 2.32. The highest BCUT2D eigenvalue weighted by atomic mass is 35.5. The lowest BCUT2D eigenvalue weighted by Gasteiger charge is -2.03. The van der Waals surface area contributed by atoms with Crippen LogP contribution in [0.1, 0.15) is 12.6 Å². The molecule has 0 aliphatic rings. The lowest BCUT2D eigenvalue weighted by molar-refractivity contribution is 0.598. The molecule has 0 fully saturated rings. The van der Waals surface area contributed by atoms with Crippen LogP contribution in [-0.2, 0) is 16.9 Å². The van der Waals surface area contributed by atoms with Crippen LogP contribution in [0.2, 0.25) is 5.02 Å². The zero-order valence-corrected chi connectivity index (χ0v) is 16.0. The summed E-state index contributed by atoms with van der Waals surface area (Å²) in [6.45, 7) is 3.49. The van der Waals surface area contributed by atoms with Gasteiger partial charge in [0.25, 0.3) is 0 Å². The van der Waals surface area contributed by atoms with Crippen molar-refractivity contribution < 1.29 is 8.42 Å². The van der Waals surface area contributed by atoms with Crippen LogP contribution < -0.4 is 0 Å². The van der Waals surface area contributed by atoms with Gasteiger partial charge in [0.2, 0.25) is 0 Å². The standard InChI is InChI=1S/C17H16ClN5O2S/c1-4-26(24,25)16-13-6-5-11(18)9-23(13)21-15(16)17-20-12-7-10(2)19-8-14(12)22(17)3/h5-9H,4H2,1-3H3. The Labute approximate surface area is 155 Å². The summed E-state index contributed by atoms with van der Waals surface area (Å²) in [6, 6.07) is 5.18. The van der Waals surface area contributed by atoms with Gasteiger partial charge >= 0.3 is 0 Å². The van der Waals surface area contributed by atoms with Crippen LogP contribution in [0.5, 0.6) is 0 Å². The van der Waals surface area contributed by atoms with Gasteiger partial charge in [0, 0.05) is 18.9 Å². The molecule has 7 nitrogen and oxygen atoms in total. The van der Waals surface area contributed by atoms with E-state index >= 15 is 0 Å². The van der Waals surface area contributed by atoms with E-state index in [0.717, 1.165) is 16.7 Å². The van der Waals surface area contributed by atoms with Gasteiger partial charge in [-0.15, -0.1) is 0 Å². The summed E-state index contributed by atoms with van der Waals surface area (Å²) in [7, 11) is -1.71. The van der Waals surface area contributed by atoms with Crippen molar-refractivity contribution >= 4 is 38.0 Å². The first kappa shape index (κ1) is 17.0. The molecular formula is C17H16ClN5O2S. The van der Waals surface area contributed by atoms with Crippen molar-refractivity contribution in [2.24, 2.45) is 7.05 Å². The number of rotatable bonds is 3. The van der Waals surface area contributed by atoms with Gasteiger partial charge in [-0.1, -0.05) is 18.5 Å². The topological polar surface area (TPSA) is 82.1 Å². The maximum Gasteiger partial charge on any atom is 0.182 e. The predicted molar refractivity (Wildman–Crippen MR) is 100 cm³/mol. The molecule has 0 atom stereocenters. The van der Waals surface area contributed by atoms with Crippen LogP contribution in [0.25, 0.3) is 28.1 Å². The van der Waals surface area contributed by atoms with Crippen LogP contribution in [0.15, 0.2) is 35.5 Å². The van der Waals surface area contributed by atoms with Gasteiger partial charge in [-0.2, -0.15) is 5.10 Å². The minimum atomic E-state index is -3.53. The molecule has 0 saturated carbocycles. The van der Waals surface area contributed by atoms with E-state index in [1.165, 1.54) is 4.52 Å². The van der Waals surface area contributed by atoms with E-state index in [0.29, 0.717) is 22.1 Å². The Kier molecular flexibility index (Phi) is 3.78. The summed E-state index contributed by atoms with van der Waals surface area (Å²) >= 11 is 6.05. The highest BCUT2D eigenvalue weighted by Gasteiger charge is 2.28. The van der Waals surface area contributed by atoms with Crippen LogP contribution in [0, 0.1) is 6.92 Å². The molecule has 9 heteroatoms. The Balaban J connectivity index is 2.12. The average Bonchev–Trinajstić information content (AvgIpc) is 3.12. The Hall–Kier alpha value is -2.45. The number of sulfone groups is 1. The second-order valence-corrected chi connectivity index (χ2v) is 8.72. The van der Waals surface area contributed by atoms with Gasteiger partial charge in [0.15, 0.2) is 15.7 Å². The Morgan fingerprint density at radius 3 is 2.73 bits per heavy atom. The molecule has 4 aromatic rings. The third kappa shape index (κ3) is 2.48. The molecule has 0 radical (unpaired) electrons. The summed E-state index contributed by atoms with van der Waals surface area (Å²) < 4.78 is 28.9. The van der Waals surface area contributed by atoms with Gasteiger partial charge in [-0.05, 0) is 25.1 Å². The number of halogens is 1. The molecule has 26 heavy (non-hydrogen) atoms. The zero-order chi connectivity index (χ0) is 18.6. The molecule has 4 aromatic heterocycles. The van der Waals surface area contributed by atoms with Crippen molar-refractivity contribution in [1.82, 2.24) is 24.1 Å². The number of hydrogen-bond acceptors (Lipinski definition) is 5. The fourth-order valence-corrected chi connectivity index (χ4v) is 4.35. The van der Waals surface area contributed by atoms with Crippen LogP contribution in [0.4, 0.5) is 0 Å². The Morgan fingerprint density at radius 2 is 2.00 bits per heavy atom. The van der Waals surface area contributed by atoms with E-state index in [1.807, 2.05) is 20.0 Å². The van der Waals surface area contributed by atoms with E-state index < -0.39 is 9.84 Å². The molecule has 4 heterocycles. The monoisotopic (exact) mass is 389 g/mol. The summed E-state index contributed by atoms with van der Waals surface area (Å²) in [4.78, 5) is 9.08. The molecule has 0 spiro atoms. The fourth-order valence-electron chi connectivity index (χ4n) is 3.00. The number of aromatic nitrogens is 5. The summed E-state index contributed by atoms with van der Waals surface area (Å²) in [5, 5.41) is 4.96. The number of imidazole rings is 1. The van der Waals surface area contributed by atoms with Gasteiger partial charge < -0.3 is 4.57 Å². The maximum absolute atomic E-state index is 12.8. The maximum atomic E-state index is 12.8. The summed E-state index contributed by atoms with van der Waals surface area (Å²) in [5.74, 6) is 0.438. The fraction of sp³-hybridized carbons (Fsp3) is 0.235. The van der Waals surface area contributed by atoms with E-state index in [1.54, 1.807) is 36.0 Å². The van der Waals surface area contributed by atoms with E-state index in [-0.39, 0.29) is 10.6 Å². The summed E-state index contributed by atoms with van der Waals surface area (Å²) in [6.07, 6.45) is 3.31. The number of nitrogens with zero attached hydrogens (tertiary/aromatic N) is 5. The predicted octanol–water partition coefficient (Wildman–Crippen LogP) is 3.04. The van der Waals surface area contributed by atoms with Crippen molar-refractivity contribution in [3.8, 4) is 11.5 Å². The molecule has 0 aliphatic heterocycles. The van der Waals surface area contributed by atoms with Crippen molar-refractivity contribution in [2.75, 3.05) is 5.75 Å². The van der Waals surface area contributed by atoms with Gasteiger partial charge in [-0.25, -0.2) is 17.9 Å². The van der Waals surface area contributed by atoms with Crippen molar-refractivity contribution in [3.05, 3.63) is 41.3 Å². The second-order valence-electron chi connectivity index (χ2n) is 6.07. The SMILES string of the molecule is CCS(=O)(=O)c1c(-c2nc3cc(C)ncc3n2C)nn2cc(Cl)ccc12. The van der Waals surface area contributed by atoms with Gasteiger partial charge in [-0.3, -0.25) is 4.98 Å². The number of aryl methyl sites for hydroxylation is 2. The van der Waals surface area contributed by atoms with Crippen molar-refractivity contribution in [1.29, 1.82) is 0 Å². The van der Waals surface area contributed by atoms with Crippen LogP contribution in [0.3, 0.4) is 0 Å². The molecule has 0 bridgehead atoms. The lowest BCUT2D eigenvalue weighted by Crippen LogP contribution is -2.06. The van der Waals surface area contributed by atoms with Crippen molar-refractivity contribution in [2.45, 2.75) is 18.7 Å². The molecule has 0 aliphatic carbocycles. The van der Waals surface area contributed by atoms with E-state index in [2.05, 4.69) is 15.1 Å². The normalized spacial score (nSPS) is 12.3. The summed E-state index contributed by atoms with van der Waals surface area (Å²) in [5.41, 5.74) is 3.17. The zero-order valence-electron chi connectivity index (χ0n) is 14.4. The Bertz CT molecular complexity index is 1270. The quantitative estimate of drug-likeness (QED) is 0.537. The third-order valence-corrected chi connectivity index (χ3v) is 6.36. The molecule has 0 unspecified atom stereocenters.